The molecule has 1 fully saturated rings. The molecule has 0 bridgehead atoms. The minimum absolute atomic E-state index is 0.860. The Morgan fingerprint density at radius 2 is 1.58 bits per heavy atom. The van der Waals surface area contributed by atoms with E-state index in [0.29, 0.717) is 0 Å². The van der Waals surface area contributed by atoms with E-state index >= 15 is 0 Å². The first kappa shape index (κ1) is 10.0. The van der Waals surface area contributed by atoms with E-state index in [1.54, 1.807) is 0 Å². The minimum Gasteiger partial charge on any atom is -0.306 e. The molecule has 0 amide bonds. The van der Waals surface area contributed by atoms with E-state index in [2.05, 4.69) is 32.7 Å². The van der Waals surface area contributed by atoms with Gasteiger partial charge >= 0.3 is 0 Å². The van der Waals surface area contributed by atoms with Crippen molar-refractivity contribution >= 4 is 0 Å². The fraction of sp³-hybridized carbons (Fsp3) is 1.00. The summed E-state index contributed by atoms with van der Waals surface area (Å²) in [5, 5.41) is 0. The summed E-state index contributed by atoms with van der Waals surface area (Å²) in [4.78, 5) is 2.45. The van der Waals surface area contributed by atoms with Gasteiger partial charge in [0.25, 0.3) is 0 Å². The molecule has 1 heteroatoms. The lowest BCUT2D eigenvalue weighted by Crippen LogP contribution is -2.33. The first-order chi connectivity index (χ1) is 5.61. The molecule has 1 saturated heterocycles. The van der Waals surface area contributed by atoms with Crippen molar-refractivity contribution in [2.45, 2.75) is 33.6 Å². The van der Waals surface area contributed by atoms with Gasteiger partial charge < -0.3 is 4.90 Å². The summed E-state index contributed by atoms with van der Waals surface area (Å²) < 4.78 is 0. The van der Waals surface area contributed by atoms with Crippen LogP contribution >= 0.6 is 0 Å². The maximum absolute atomic E-state index is 2.45. The Kier molecular flexibility index (Phi) is 3.57. The third-order valence-electron chi connectivity index (χ3n) is 3.56. The monoisotopic (exact) mass is 169 g/mol. The van der Waals surface area contributed by atoms with Crippen molar-refractivity contribution in [3.05, 3.63) is 0 Å². The zero-order valence-corrected chi connectivity index (χ0v) is 9.01. The summed E-state index contributed by atoms with van der Waals surface area (Å²) in [5.41, 5.74) is 0. The van der Waals surface area contributed by atoms with Crippen molar-refractivity contribution in [1.82, 2.24) is 4.90 Å². The van der Waals surface area contributed by atoms with Gasteiger partial charge in [0, 0.05) is 0 Å². The standard InChI is InChI=1S/C11H23N/c1-9(2)10(3)11-5-7-12(4)8-6-11/h9-11H,5-8H2,1-4H3/t10-/m1/s1. The minimum atomic E-state index is 0.860. The van der Waals surface area contributed by atoms with Gasteiger partial charge in [-0.2, -0.15) is 0 Å². The van der Waals surface area contributed by atoms with Crippen molar-refractivity contribution in [2.75, 3.05) is 20.1 Å². The SMILES string of the molecule is CC(C)[C@@H](C)C1CCN(C)CC1. The van der Waals surface area contributed by atoms with Crippen LogP contribution in [0.2, 0.25) is 0 Å². The summed E-state index contributed by atoms with van der Waals surface area (Å²) in [6.07, 6.45) is 2.83. The van der Waals surface area contributed by atoms with Crippen LogP contribution in [0, 0.1) is 17.8 Å². The van der Waals surface area contributed by atoms with Gasteiger partial charge in [-0.3, -0.25) is 0 Å². The molecule has 0 aromatic carbocycles. The van der Waals surface area contributed by atoms with Crippen LogP contribution in [0.1, 0.15) is 33.6 Å². The fourth-order valence-corrected chi connectivity index (χ4v) is 2.10. The van der Waals surface area contributed by atoms with Crippen LogP contribution in [0.25, 0.3) is 0 Å². The zero-order chi connectivity index (χ0) is 9.14. The second kappa shape index (κ2) is 4.27. The second-order valence-corrected chi connectivity index (χ2v) is 4.74. The van der Waals surface area contributed by atoms with E-state index in [-0.39, 0.29) is 0 Å². The van der Waals surface area contributed by atoms with Gasteiger partial charge in [0.15, 0.2) is 0 Å². The zero-order valence-electron chi connectivity index (χ0n) is 9.01. The molecule has 1 aliphatic heterocycles. The van der Waals surface area contributed by atoms with E-state index in [9.17, 15) is 0 Å². The second-order valence-electron chi connectivity index (χ2n) is 4.74. The molecule has 0 unspecified atom stereocenters. The number of piperidine rings is 1. The van der Waals surface area contributed by atoms with Gasteiger partial charge in [0.1, 0.15) is 0 Å². The molecule has 1 atom stereocenters. The van der Waals surface area contributed by atoms with Crippen LogP contribution in [0.5, 0.6) is 0 Å². The molecule has 12 heavy (non-hydrogen) atoms. The van der Waals surface area contributed by atoms with Crippen LogP contribution in [-0.4, -0.2) is 25.0 Å². The molecule has 1 rings (SSSR count). The first-order valence-corrected chi connectivity index (χ1v) is 5.29. The van der Waals surface area contributed by atoms with Gasteiger partial charge in [-0.1, -0.05) is 20.8 Å². The molecular formula is C11H23N. The average molecular weight is 169 g/mol. The Hall–Kier alpha value is -0.0400. The van der Waals surface area contributed by atoms with E-state index in [1.165, 1.54) is 25.9 Å². The van der Waals surface area contributed by atoms with E-state index in [4.69, 9.17) is 0 Å². The average Bonchev–Trinajstić information content (AvgIpc) is 2.04. The molecule has 0 N–H and O–H groups in total. The summed E-state index contributed by atoms with van der Waals surface area (Å²) in [6.45, 7) is 9.73. The van der Waals surface area contributed by atoms with Crippen LogP contribution in [-0.2, 0) is 0 Å². The van der Waals surface area contributed by atoms with Gasteiger partial charge in [0.05, 0.1) is 0 Å². The highest BCUT2D eigenvalue weighted by molar-refractivity contribution is 4.75. The lowest BCUT2D eigenvalue weighted by atomic mass is 9.79. The largest absolute Gasteiger partial charge is 0.306 e. The maximum Gasteiger partial charge on any atom is -0.00190 e. The molecule has 0 aromatic heterocycles. The quantitative estimate of drug-likeness (QED) is 0.614. The van der Waals surface area contributed by atoms with Gasteiger partial charge in [-0.05, 0) is 50.7 Å². The van der Waals surface area contributed by atoms with Crippen molar-refractivity contribution in [3.63, 3.8) is 0 Å². The van der Waals surface area contributed by atoms with Crippen LogP contribution in [0.3, 0.4) is 0 Å². The normalized spacial score (nSPS) is 24.8. The number of hydrogen-bond acceptors (Lipinski definition) is 1. The molecule has 1 heterocycles. The third kappa shape index (κ3) is 2.48. The van der Waals surface area contributed by atoms with E-state index < -0.39 is 0 Å². The molecule has 1 nitrogen and oxygen atoms in total. The molecule has 1 aliphatic rings. The van der Waals surface area contributed by atoms with Crippen molar-refractivity contribution in [3.8, 4) is 0 Å². The molecular weight excluding hydrogens is 146 g/mol. The predicted octanol–water partition coefficient (Wildman–Crippen LogP) is 2.62. The smallest absolute Gasteiger partial charge is 0.00190 e. The van der Waals surface area contributed by atoms with Crippen LogP contribution in [0.4, 0.5) is 0 Å². The molecule has 0 radical (unpaired) electrons. The lowest BCUT2D eigenvalue weighted by molar-refractivity contribution is 0.153. The molecule has 0 spiro atoms. The third-order valence-corrected chi connectivity index (χ3v) is 3.56. The highest BCUT2D eigenvalue weighted by Gasteiger charge is 2.23. The van der Waals surface area contributed by atoms with Crippen LogP contribution < -0.4 is 0 Å². The molecule has 72 valence electrons. The molecule has 0 aliphatic carbocycles. The number of rotatable bonds is 2. The molecule has 0 saturated carbocycles. The summed E-state index contributed by atoms with van der Waals surface area (Å²) >= 11 is 0. The van der Waals surface area contributed by atoms with Crippen LogP contribution in [0.15, 0.2) is 0 Å². The molecule has 0 aromatic rings. The van der Waals surface area contributed by atoms with Gasteiger partial charge in [-0.15, -0.1) is 0 Å². The van der Waals surface area contributed by atoms with Crippen molar-refractivity contribution in [1.29, 1.82) is 0 Å². The van der Waals surface area contributed by atoms with E-state index in [1.807, 2.05) is 0 Å². The Morgan fingerprint density at radius 3 is 2.00 bits per heavy atom. The highest BCUT2D eigenvalue weighted by Crippen LogP contribution is 2.28. The van der Waals surface area contributed by atoms with Crippen molar-refractivity contribution < 1.29 is 0 Å². The fourth-order valence-electron chi connectivity index (χ4n) is 2.10. The summed E-state index contributed by atoms with van der Waals surface area (Å²) in [5.74, 6) is 2.76. The highest BCUT2D eigenvalue weighted by atomic mass is 15.1. The van der Waals surface area contributed by atoms with Crippen molar-refractivity contribution in [2.24, 2.45) is 17.8 Å². The Morgan fingerprint density at radius 1 is 1.08 bits per heavy atom. The first-order valence-electron chi connectivity index (χ1n) is 5.29. The maximum atomic E-state index is 2.45. The number of hydrogen-bond donors (Lipinski definition) is 0. The van der Waals surface area contributed by atoms with Gasteiger partial charge in [-0.25, -0.2) is 0 Å². The van der Waals surface area contributed by atoms with Gasteiger partial charge in [0.2, 0.25) is 0 Å². The predicted molar refractivity (Wildman–Crippen MR) is 54.2 cm³/mol. The lowest BCUT2D eigenvalue weighted by Gasteiger charge is -2.34. The Bertz CT molecular complexity index is 123. The Labute approximate surface area is 77.1 Å². The number of nitrogens with zero attached hydrogens (tertiary/aromatic N) is 1. The summed E-state index contributed by atoms with van der Waals surface area (Å²) in [6, 6.07) is 0. The topological polar surface area (TPSA) is 3.24 Å². The number of likely N-dealkylation sites (tertiary alicyclic amines) is 1. The Balaban J connectivity index is 2.34. The van der Waals surface area contributed by atoms with E-state index in [0.717, 1.165) is 17.8 Å². The summed E-state index contributed by atoms with van der Waals surface area (Å²) in [7, 11) is 2.23.